The second-order valence-electron chi connectivity index (χ2n) is 7.79. The van der Waals surface area contributed by atoms with Gasteiger partial charge >= 0.3 is 0 Å². The van der Waals surface area contributed by atoms with Gasteiger partial charge in [-0.25, -0.2) is 0 Å². The molecule has 0 amide bonds. The Morgan fingerprint density at radius 1 is 0.914 bits per heavy atom. The number of aromatic hydroxyl groups is 2. The fourth-order valence-electron chi connectivity index (χ4n) is 3.92. The van der Waals surface area contributed by atoms with E-state index in [1.807, 2.05) is 0 Å². The molecule has 0 atom stereocenters. The zero-order valence-corrected chi connectivity index (χ0v) is 22.3. The first-order valence-corrected chi connectivity index (χ1v) is 11.6. The van der Waals surface area contributed by atoms with Crippen LogP contribution in [0.2, 0.25) is 5.02 Å². The van der Waals surface area contributed by atoms with E-state index in [1.165, 1.54) is 50.5 Å². The van der Waals surface area contributed by atoms with E-state index in [0.29, 0.717) is 0 Å². The first-order valence-electron chi connectivity index (χ1n) is 10.4. The van der Waals surface area contributed by atoms with Gasteiger partial charge < -0.3 is 19.7 Å². The molecule has 3 aromatic rings. The molecule has 2 heterocycles. The Hall–Kier alpha value is -3.09. The molecule has 0 aliphatic carbocycles. The minimum Gasteiger partial charge on any atom is -0.494 e. The highest BCUT2D eigenvalue weighted by Gasteiger charge is 2.33. The Balaban J connectivity index is 2.61. The van der Waals surface area contributed by atoms with Gasteiger partial charge in [0.1, 0.15) is 0 Å². The van der Waals surface area contributed by atoms with Gasteiger partial charge in [-0.3, -0.25) is 27.9 Å². The molecule has 2 aromatic heterocycles. The summed E-state index contributed by atoms with van der Waals surface area (Å²) < 4.78 is 15.9. The summed E-state index contributed by atoms with van der Waals surface area (Å²) in [5.74, 6) is -1.72. The third-order valence-electron chi connectivity index (χ3n) is 5.78. The predicted molar refractivity (Wildman–Crippen MR) is 136 cm³/mol. The zero-order valence-electron chi connectivity index (χ0n) is 19.9. The van der Waals surface area contributed by atoms with E-state index >= 15 is 0 Å². The van der Waals surface area contributed by atoms with Crippen LogP contribution in [0.15, 0.2) is 21.7 Å². The normalized spacial score (nSPS) is 11.2. The van der Waals surface area contributed by atoms with Crippen molar-refractivity contribution in [2.75, 3.05) is 13.7 Å². The Bertz CT molecular complexity index is 1490. The summed E-state index contributed by atoms with van der Waals surface area (Å²) >= 11 is 17.0. The third-order valence-corrected chi connectivity index (χ3v) is 7.16. The fraction of sp³-hybridized carbons (Fsp3) is 0.364. The number of methoxy groups -OCH3 is 1. The molecule has 1 aromatic carbocycles. The molecule has 0 saturated carbocycles. The fourth-order valence-corrected chi connectivity index (χ4v) is 4.55. The lowest BCUT2D eigenvalue weighted by Crippen LogP contribution is -2.33. The molecular formula is C22H25ClN4O6S2. The van der Waals surface area contributed by atoms with Crippen LogP contribution in [0.3, 0.4) is 0 Å². The van der Waals surface area contributed by atoms with Crippen molar-refractivity contribution < 1.29 is 19.7 Å². The molecule has 13 heteroatoms. The van der Waals surface area contributed by atoms with Crippen LogP contribution in [-0.2, 0) is 28.2 Å². The van der Waals surface area contributed by atoms with Gasteiger partial charge in [0.05, 0.1) is 35.8 Å². The van der Waals surface area contributed by atoms with Crippen LogP contribution >= 0.6 is 36.0 Å². The largest absolute Gasteiger partial charge is 0.494 e. The third kappa shape index (κ3) is 4.26. The minimum absolute atomic E-state index is 0.0568. The van der Waals surface area contributed by atoms with Crippen molar-refractivity contribution in [2.24, 2.45) is 28.2 Å². The number of benzene rings is 1. The molecule has 0 aliphatic rings. The topological polar surface area (TPSA) is 113 Å². The van der Waals surface area contributed by atoms with Crippen LogP contribution in [-0.4, -0.2) is 42.2 Å². The molecule has 0 spiro atoms. The van der Waals surface area contributed by atoms with Crippen LogP contribution in [0.4, 0.5) is 0 Å². The molecule has 0 unspecified atom stereocenters. The first kappa shape index (κ1) is 26.5. The summed E-state index contributed by atoms with van der Waals surface area (Å²) in [5, 5.41) is 22.3. The average molecular weight is 541 g/mol. The number of hydrogen-bond donors (Lipinski definition) is 2. The van der Waals surface area contributed by atoms with Crippen LogP contribution in [0.5, 0.6) is 23.3 Å². The van der Waals surface area contributed by atoms with E-state index in [2.05, 4.69) is 0 Å². The molecule has 0 saturated heterocycles. The second-order valence-corrected chi connectivity index (χ2v) is 8.92. The Morgan fingerprint density at radius 2 is 1.37 bits per heavy atom. The number of ether oxygens (including phenoxy) is 2. The van der Waals surface area contributed by atoms with E-state index in [1.54, 1.807) is 13.0 Å². The van der Waals surface area contributed by atoms with Gasteiger partial charge in [-0.1, -0.05) is 11.6 Å². The number of nitrogens with zero attached hydrogens (tertiary/aromatic N) is 4. The SMILES string of the molecule is CCOc1cc(C(c2c(O)n(C)c(=S)n(C)c2=O)c2c(O)n(C)c(=S)n(C)c2=O)cc(Cl)c1OC. The van der Waals surface area contributed by atoms with Gasteiger partial charge in [-0.2, -0.15) is 0 Å². The van der Waals surface area contributed by atoms with Crippen molar-refractivity contribution in [3.63, 3.8) is 0 Å². The Labute approximate surface area is 215 Å². The molecule has 0 aliphatic heterocycles. The van der Waals surface area contributed by atoms with E-state index in [4.69, 9.17) is 45.5 Å². The van der Waals surface area contributed by atoms with Gasteiger partial charge in [0.2, 0.25) is 11.8 Å². The molecule has 3 rings (SSSR count). The van der Waals surface area contributed by atoms with E-state index in [-0.39, 0.29) is 49.4 Å². The first-order chi connectivity index (χ1) is 16.4. The van der Waals surface area contributed by atoms with E-state index in [0.717, 1.165) is 9.13 Å². The molecule has 0 bridgehead atoms. The van der Waals surface area contributed by atoms with Crippen molar-refractivity contribution in [3.05, 3.63) is 64.1 Å². The summed E-state index contributed by atoms with van der Waals surface area (Å²) in [6.07, 6.45) is 0. The number of halogens is 1. The van der Waals surface area contributed by atoms with Gasteiger partial charge in [0.15, 0.2) is 21.0 Å². The van der Waals surface area contributed by atoms with Crippen molar-refractivity contribution in [2.45, 2.75) is 12.8 Å². The summed E-state index contributed by atoms with van der Waals surface area (Å²) in [4.78, 5) is 26.9. The summed E-state index contributed by atoms with van der Waals surface area (Å²) in [7, 11) is 7.28. The summed E-state index contributed by atoms with van der Waals surface area (Å²) in [5.41, 5.74) is -1.43. The van der Waals surface area contributed by atoms with Crippen molar-refractivity contribution in [1.82, 2.24) is 18.3 Å². The lowest BCUT2D eigenvalue weighted by Gasteiger charge is -2.24. The minimum atomic E-state index is -1.28. The molecule has 0 fully saturated rings. The lowest BCUT2D eigenvalue weighted by atomic mass is 9.86. The van der Waals surface area contributed by atoms with Gasteiger partial charge in [0.25, 0.3) is 11.1 Å². The number of aromatic nitrogens is 4. The van der Waals surface area contributed by atoms with Gasteiger partial charge in [0, 0.05) is 28.2 Å². The van der Waals surface area contributed by atoms with Crippen molar-refractivity contribution in [3.8, 4) is 23.3 Å². The van der Waals surface area contributed by atoms with Crippen molar-refractivity contribution >= 4 is 36.0 Å². The molecule has 2 N–H and O–H groups in total. The summed E-state index contributed by atoms with van der Waals surface area (Å²) in [6, 6.07) is 3.02. The van der Waals surface area contributed by atoms with Crippen molar-refractivity contribution in [1.29, 1.82) is 0 Å². The highest BCUT2D eigenvalue weighted by molar-refractivity contribution is 7.71. The maximum Gasteiger partial charge on any atom is 0.262 e. The number of rotatable bonds is 6. The quantitative estimate of drug-likeness (QED) is 0.459. The predicted octanol–water partition coefficient (Wildman–Crippen LogP) is 2.87. The highest BCUT2D eigenvalue weighted by atomic mass is 35.5. The maximum absolute atomic E-state index is 13.4. The Kier molecular flexibility index (Phi) is 7.48. The van der Waals surface area contributed by atoms with Gasteiger partial charge in [-0.05, 0) is 49.1 Å². The lowest BCUT2D eigenvalue weighted by molar-refractivity contribution is 0.310. The van der Waals surface area contributed by atoms with Gasteiger partial charge in [-0.15, -0.1) is 0 Å². The standard InChI is InChI=1S/C22H25ClN4O6S2/c1-7-33-12-9-10(8-11(23)16(12)32-6)13(14-17(28)24(2)21(34)25(3)18(14)29)15-19(30)26(4)22(35)27(5)20(15)31/h8-9,13,28,30H,7H2,1-6H3. The molecule has 10 nitrogen and oxygen atoms in total. The monoisotopic (exact) mass is 540 g/mol. The molecular weight excluding hydrogens is 516 g/mol. The Morgan fingerprint density at radius 3 is 1.77 bits per heavy atom. The van der Waals surface area contributed by atoms with Crippen LogP contribution in [0, 0.1) is 9.54 Å². The second kappa shape index (κ2) is 9.88. The highest BCUT2D eigenvalue weighted by Crippen LogP contribution is 2.43. The molecule has 0 radical (unpaired) electrons. The molecule has 35 heavy (non-hydrogen) atoms. The van der Waals surface area contributed by atoms with Crippen LogP contribution in [0.1, 0.15) is 29.5 Å². The zero-order chi connectivity index (χ0) is 26.4. The smallest absolute Gasteiger partial charge is 0.262 e. The van der Waals surface area contributed by atoms with Crippen LogP contribution in [0.25, 0.3) is 0 Å². The maximum atomic E-state index is 13.4. The van der Waals surface area contributed by atoms with E-state index in [9.17, 15) is 19.8 Å². The average Bonchev–Trinajstić information content (AvgIpc) is 2.83. The van der Waals surface area contributed by atoms with E-state index < -0.39 is 28.8 Å². The summed E-state index contributed by atoms with van der Waals surface area (Å²) in [6.45, 7) is 2.05. The van der Waals surface area contributed by atoms with Crippen LogP contribution < -0.4 is 20.6 Å². The molecule has 188 valence electrons. The number of hydrogen-bond acceptors (Lipinski definition) is 8.